The molecule has 0 unspecified atom stereocenters. The molecule has 0 bridgehead atoms. The zero-order chi connectivity index (χ0) is 23.3. The molecule has 1 aliphatic rings. The molecule has 0 atom stereocenters. The Morgan fingerprint density at radius 2 is 1.81 bits per heavy atom. The van der Waals surface area contributed by atoms with Gasteiger partial charge in [0.2, 0.25) is 0 Å². The molecule has 0 saturated carbocycles. The molecule has 0 radical (unpaired) electrons. The van der Waals surface area contributed by atoms with Crippen LogP contribution in [0.1, 0.15) is 15.9 Å². The molecule has 0 N–H and O–H groups in total. The van der Waals surface area contributed by atoms with E-state index in [1.807, 2.05) is 12.1 Å². The Balaban J connectivity index is 1.80. The predicted molar refractivity (Wildman–Crippen MR) is 123 cm³/mol. The minimum atomic E-state index is -4.00. The Bertz CT molecular complexity index is 1150. The molecule has 1 amide bonds. The topological polar surface area (TPSA) is 84.0 Å². The molecular formula is C23H23ClN2O5S. The smallest absolute Gasteiger partial charge is 0.338 e. The van der Waals surface area contributed by atoms with Crippen molar-refractivity contribution in [3.05, 3.63) is 83.9 Å². The van der Waals surface area contributed by atoms with E-state index in [2.05, 4.69) is 13.2 Å². The van der Waals surface area contributed by atoms with Gasteiger partial charge < -0.3 is 9.64 Å². The van der Waals surface area contributed by atoms with Gasteiger partial charge in [-0.25, -0.2) is 13.2 Å². The largest absolute Gasteiger partial charge is 0.452 e. The van der Waals surface area contributed by atoms with Gasteiger partial charge in [0.1, 0.15) is 4.90 Å². The fourth-order valence-electron chi connectivity index (χ4n) is 3.40. The Labute approximate surface area is 192 Å². The van der Waals surface area contributed by atoms with Crippen molar-refractivity contribution in [2.45, 2.75) is 11.3 Å². The number of halogens is 1. The lowest BCUT2D eigenvalue weighted by Crippen LogP contribution is -2.35. The molecular weight excluding hydrogens is 452 g/mol. The summed E-state index contributed by atoms with van der Waals surface area (Å²) in [5.74, 6) is -1.25. The van der Waals surface area contributed by atoms with Crippen LogP contribution in [0.25, 0.3) is 0 Å². The summed E-state index contributed by atoms with van der Waals surface area (Å²) in [7, 11) is -4.00. The molecule has 2 aromatic rings. The summed E-state index contributed by atoms with van der Waals surface area (Å²) in [6.45, 7) is 7.52. The van der Waals surface area contributed by atoms with Gasteiger partial charge in [-0.3, -0.25) is 9.10 Å². The van der Waals surface area contributed by atoms with Crippen molar-refractivity contribution < 1.29 is 22.7 Å². The standard InChI is InChI=1S/C23H23ClN2O5S/c1-3-12-25(13-4-2)22(27)16-31-23(28)18-9-10-19(24)21(15-18)32(29,30)26-14-11-17-7-5-6-8-20(17)26/h3-10,15H,1-2,11-14,16H2. The first-order valence-corrected chi connectivity index (χ1v) is 11.7. The number of hydrogen-bond acceptors (Lipinski definition) is 5. The number of anilines is 1. The number of carbonyl (C=O) groups excluding carboxylic acids is 2. The second-order valence-corrected chi connectivity index (χ2v) is 9.29. The van der Waals surface area contributed by atoms with Gasteiger partial charge in [0, 0.05) is 19.6 Å². The summed E-state index contributed by atoms with van der Waals surface area (Å²) in [5, 5.41) is -0.00912. The number of hydrogen-bond donors (Lipinski definition) is 0. The van der Waals surface area contributed by atoms with Crippen LogP contribution in [0.15, 0.2) is 72.7 Å². The van der Waals surface area contributed by atoms with Crippen LogP contribution in [0.3, 0.4) is 0 Å². The lowest BCUT2D eigenvalue weighted by Gasteiger charge is -2.21. The maximum atomic E-state index is 13.3. The Hall–Kier alpha value is -3.10. The zero-order valence-electron chi connectivity index (χ0n) is 17.4. The molecule has 0 aromatic heterocycles. The van der Waals surface area contributed by atoms with E-state index in [0.717, 1.165) is 5.56 Å². The zero-order valence-corrected chi connectivity index (χ0v) is 18.9. The van der Waals surface area contributed by atoms with Crippen molar-refractivity contribution in [3.63, 3.8) is 0 Å². The molecule has 32 heavy (non-hydrogen) atoms. The summed E-state index contributed by atoms with van der Waals surface area (Å²) in [4.78, 5) is 26.0. The molecule has 0 saturated heterocycles. The number of carbonyl (C=O) groups is 2. The fourth-order valence-corrected chi connectivity index (χ4v) is 5.40. The first-order valence-electron chi connectivity index (χ1n) is 9.86. The van der Waals surface area contributed by atoms with Gasteiger partial charge in [0.15, 0.2) is 6.61 Å². The first-order chi connectivity index (χ1) is 15.3. The van der Waals surface area contributed by atoms with E-state index >= 15 is 0 Å². The molecule has 168 valence electrons. The summed E-state index contributed by atoms with van der Waals surface area (Å²) in [6, 6.07) is 11.1. The van der Waals surface area contributed by atoms with Crippen LogP contribution < -0.4 is 4.31 Å². The number of benzene rings is 2. The van der Waals surface area contributed by atoms with Gasteiger partial charge in [-0.1, -0.05) is 42.0 Å². The van der Waals surface area contributed by atoms with E-state index in [-0.39, 0.29) is 35.1 Å². The highest BCUT2D eigenvalue weighted by Gasteiger charge is 2.32. The number of ether oxygens (including phenoxy) is 1. The van der Waals surface area contributed by atoms with Crippen LogP contribution >= 0.6 is 11.6 Å². The third-order valence-corrected chi connectivity index (χ3v) is 7.25. The number of sulfonamides is 1. The molecule has 9 heteroatoms. The Morgan fingerprint density at radius 1 is 1.12 bits per heavy atom. The van der Waals surface area contributed by atoms with Crippen LogP contribution in [0.2, 0.25) is 5.02 Å². The van der Waals surface area contributed by atoms with Crippen molar-refractivity contribution in [3.8, 4) is 0 Å². The third kappa shape index (κ3) is 4.87. The van der Waals surface area contributed by atoms with Crippen LogP contribution in [-0.4, -0.2) is 51.4 Å². The average molecular weight is 475 g/mol. The SMILES string of the molecule is C=CCN(CC=C)C(=O)COC(=O)c1ccc(Cl)c(S(=O)(=O)N2CCc3ccccc32)c1. The highest BCUT2D eigenvalue weighted by Crippen LogP contribution is 2.35. The number of nitrogens with zero attached hydrogens (tertiary/aromatic N) is 2. The third-order valence-electron chi connectivity index (χ3n) is 4.96. The van der Waals surface area contributed by atoms with Gasteiger partial charge >= 0.3 is 5.97 Å². The average Bonchev–Trinajstić information content (AvgIpc) is 3.22. The highest BCUT2D eigenvalue weighted by atomic mass is 35.5. The summed E-state index contributed by atoms with van der Waals surface area (Å²) >= 11 is 6.19. The summed E-state index contributed by atoms with van der Waals surface area (Å²) in [5.41, 5.74) is 1.49. The fraction of sp³-hybridized carbons (Fsp3) is 0.217. The molecule has 0 spiro atoms. The van der Waals surface area contributed by atoms with Crippen LogP contribution in [0.4, 0.5) is 5.69 Å². The van der Waals surface area contributed by atoms with E-state index in [4.69, 9.17) is 16.3 Å². The van der Waals surface area contributed by atoms with Crippen molar-refractivity contribution >= 4 is 39.2 Å². The minimum absolute atomic E-state index is 0.00912. The van der Waals surface area contributed by atoms with Crippen molar-refractivity contribution in [1.29, 1.82) is 0 Å². The van der Waals surface area contributed by atoms with Gasteiger partial charge in [0.05, 0.1) is 16.3 Å². The summed E-state index contributed by atoms with van der Waals surface area (Å²) in [6.07, 6.45) is 3.69. The van der Waals surface area contributed by atoms with Crippen molar-refractivity contribution in [1.82, 2.24) is 4.90 Å². The van der Waals surface area contributed by atoms with Gasteiger partial charge in [-0.15, -0.1) is 13.2 Å². The number of amides is 1. The monoisotopic (exact) mass is 474 g/mol. The Morgan fingerprint density at radius 3 is 2.50 bits per heavy atom. The van der Waals surface area contributed by atoms with Crippen molar-refractivity contribution in [2.24, 2.45) is 0 Å². The van der Waals surface area contributed by atoms with Crippen LogP contribution in [0, 0.1) is 0 Å². The van der Waals surface area contributed by atoms with E-state index in [1.165, 1.54) is 27.4 Å². The van der Waals surface area contributed by atoms with E-state index in [0.29, 0.717) is 12.1 Å². The molecule has 0 fully saturated rings. The molecule has 3 rings (SSSR count). The van der Waals surface area contributed by atoms with Gasteiger partial charge in [-0.05, 0) is 36.2 Å². The molecule has 2 aromatic carbocycles. The molecule has 1 aliphatic heterocycles. The van der Waals surface area contributed by atoms with E-state index < -0.39 is 28.5 Å². The number of rotatable bonds is 9. The minimum Gasteiger partial charge on any atom is -0.452 e. The molecule has 0 aliphatic carbocycles. The number of fused-ring (bicyclic) bond motifs is 1. The maximum absolute atomic E-state index is 13.3. The predicted octanol–water partition coefficient (Wildman–Crippen LogP) is 3.45. The van der Waals surface area contributed by atoms with Gasteiger partial charge in [0.25, 0.3) is 15.9 Å². The maximum Gasteiger partial charge on any atom is 0.338 e. The molecule has 1 heterocycles. The van der Waals surface area contributed by atoms with Crippen molar-refractivity contribution in [2.75, 3.05) is 30.5 Å². The van der Waals surface area contributed by atoms with Crippen LogP contribution in [-0.2, 0) is 26.0 Å². The van der Waals surface area contributed by atoms with E-state index in [9.17, 15) is 18.0 Å². The Kier molecular flexibility index (Phi) is 7.37. The lowest BCUT2D eigenvalue weighted by atomic mass is 10.2. The number of para-hydroxylation sites is 1. The van der Waals surface area contributed by atoms with Gasteiger partial charge in [-0.2, -0.15) is 0 Å². The lowest BCUT2D eigenvalue weighted by molar-refractivity contribution is -0.133. The quantitative estimate of drug-likeness (QED) is 0.410. The van der Waals surface area contributed by atoms with Crippen LogP contribution in [0.5, 0.6) is 0 Å². The summed E-state index contributed by atoms with van der Waals surface area (Å²) < 4.78 is 33.0. The first kappa shape index (κ1) is 23.6. The molecule has 7 nitrogen and oxygen atoms in total. The second-order valence-electron chi connectivity index (χ2n) is 7.05. The second kappa shape index (κ2) is 10.0. The highest BCUT2D eigenvalue weighted by molar-refractivity contribution is 7.93. The number of esters is 1. The van der Waals surface area contributed by atoms with E-state index in [1.54, 1.807) is 24.3 Å². The normalized spacial score (nSPS) is 12.7.